The Kier molecular flexibility index (Phi) is 8.28. The van der Waals surface area contributed by atoms with Crippen LogP contribution in [0, 0.1) is 0 Å². The fraction of sp³-hybridized carbons (Fsp3) is 0.107. The first kappa shape index (κ1) is 26.0. The van der Waals surface area contributed by atoms with Crippen molar-refractivity contribution >= 4 is 52.1 Å². The standard InChI is InChI=1S/C28H22Cl2N2O5/c1-17(36-26-14-10-20(29)15-24(26)30)27(33)32-31-16-23-22-6-4-3-5-18(22)9-13-25(23)37-28(34)19-7-11-21(35-2)12-8-19/h3-17H,1-2H3,(H,32,33)/b31-16-/t17-/m1/s1. The van der Waals surface area contributed by atoms with Gasteiger partial charge in [-0.25, -0.2) is 10.2 Å². The third kappa shape index (κ3) is 6.39. The molecule has 1 N–H and O–H groups in total. The third-order valence-electron chi connectivity index (χ3n) is 5.39. The van der Waals surface area contributed by atoms with Gasteiger partial charge in [0.25, 0.3) is 5.91 Å². The van der Waals surface area contributed by atoms with Crippen LogP contribution in [0.25, 0.3) is 10.8 Å². The minimum Gasteiger partial charge on any atom is -0.497 e. The van der Waals surface area contributed by atoms with Gasteiger partial charge in [0, 0.05) is 10.6 Å². The molecular formula is C28H22Cl2N2O5. The van der Waals surface area contributed by atoms with E-state index >= 15 is 0 Å². The summed E-state index contributed by atoms with van der Waals surface area (Å²) in [4.78, 5) is 25.3. The zero-order chi connectivity index (χ0) is 26.4. The smallest absolute Gasteiger partial charge is 0.343 e. The van der Waals surface area contributed by atoms with Crippen LogP contribution in [0.2, 0.25) is 10.0 Å². The van der Waals surface area contributed by atoms with Gasteiger partial charge in [-0.15, -0.1) is 0 Å². The molecule has 0 heterocycles. The number of nitrogens with zero attached hydrogens (tertiary/aromatic N) is 1. The highest BCUT2D eigenvalue weighted by molar-refractivity contribution is 6.35. The van der Waals surface area contributed by atoms with E-state index in [0.717, 1.165) is 10.8 Å². The number of fused-ring (bicyclic) bond motifs is 1. The average molecular weight is 537 g/mol. The minimum absolute atomic E-state index is 0.287. The summed E-state index contributed by atoms with van der Waals surface area (Å²) in [5.41, 5.74) is 3.33. The Morgan fingerprint density at radius 3 is 2.41 bits per heavy atom. The SMILES string of the molecule is COc1ccc(C(=O)Oc2ccc3ccccc3c2/C=N\NC(=O)[C@@H](C)Oc2ccc(Cl)cc2Cl)cc1. The summed E-state index contributed by atoms with van der Waals surface area (Å²) < 4.78 is 16.4. The molecule has 4 rings (SSSR count). The van der Waals surface area contributed by atoms with Gasteiger partial charge in [-0.3, -0.25) is 4.79 Å². The van der Waals surface area contributed by atoms with E-state index in [9.17, 15) is 9.59 Å². The molecule has 0 saturated carbocycles. The van der Waals surface area contributed by atoms with Gasteiger partial charge in [-0.1, -0.05) is 53.5 Å². The molecule has 0 bridgehead atoms. The van der Waals surface area contributed by atoms with Crippen molar-refractivity contribution < 1.29 is 23.8 Å². The predicted molar refractivity (Wildman–Crippen MR) is 144 cm³/mol. The number of methoxy groups -OCH3 is 1. The van der Waals surface area contributed by atoms with Crippen LogP contribution in [0.3, 0.4) is 0 Å². The van der Waals surface area contributed by atoms with Crippen molar-refractivity contribution in [2.24, 2.45) is 5.10 Å². The topological polar surface area (TPSA) is 86.2 Å². The molecule has 0 aromatic heterocycles. The molecular weight excluding hydrogens is 515 g/mol. The van der Waals surface area contributed by atoms with Crippen molar-refractivity contribution in [2.45, 2.75) is 13.0 Å². The van der Waals surface area contributed by atoms with Crippen LogP contribution in [0.5, 0.6) is 17.2 Å². The summed E-state index contributed by atoms with van der Waals surface area (Å²) in [6.07, 6.45) is 0.537. The van der Waals surface area contributed by atoms with Crippen molar-refractivity contribution in [2.75, 3.05) is 7.11 Å². The number of ether oxygens (including phenoxy) is 3. The number of hydrazone groups is 1. The lowest BCUT2D eigenvalue weighted by atomic mass is 10.0. The van der Waals surface area contributed by atoms with Crippen molar-refractivity contribution in [3.05, 3.63) is 100 Å². The average Bonchev–Trinajstić information content (AvgIpc) is 2.91. The summed E-state index contributed by atoms with van der Waals surface area (Å²) in [5, 5.41) is 6.53. The molecule has 9 heteroatoms. The maximum atomic E-state index is 12.8. The van der Waals surface area contributed by atoms with E-state index < -0.39 is 18.0 Å². The van der Waals surface area contributed by atoms with Crippen LogP contribution in [0.15, 0.2) is 84.0 Å². The first-order valence-corrected chi connectivity index (χ1v) is 11.9. The molecule has 0 aliphatic carbocycles. The van der Waals surface area contributed by atoms with Gasteiger partial charge in [0.1, 0.15) is 17.2 Å². The number of esters is 1. The molecule has 0 fully saturated rings. The van der Waals surface area contributed by atoms with Gasteiger partial charge >= 0.3 is 5.97 Å². The first-order chi connectivity index (χ1) is 17.9. The molecule has 0 aliphatic rings. The van der Waals surface area contributed by atoms with Crippen LogP contribution >= 0.6 is 23.2 Å². The van der Waals surface area contributed by atoms with Gasteiger partial charge in [-0.2, -0.15) is 5.10 Å². The number of halogens is 2. The monoisotopic (exact) mass is 536 g/mol. The Hall–Kier alpha value is -4.07. The molecule has 0 aliphatic heterocycles. The third-order valence-corrected chi connectivity index (χ3v) is 5.92. The molecule has 0 unspecified atom stereocenters. The minimum atomic E-state index is -0.893. The second kappa shape index (κ2) is 11.8. The number of amides is 1. The molecule has 0 saturated heterocycles. The molecule has 0 radical (unpaired) electrons. The Labute approximate surface area is 223 Å². The zero-order valence-corrected chi connectivity index (χ0v) is 21.4. The van der Waals surface area contributed by atoms with E-state index in [0.29, 0.717) is 27.6 Å². The summed E-state index contributed by atoms with van der Waals surface area (Å²) in [6.45, 7) is 1.57. The van der Waals surface area contributed by atoms with E-state index in [2.05, 4.69) is 10.5 Å². The summed E-state index contributed by atoms with van der Waals surface area (Å²) in [6, 6.07) is 22.4. The normalized spacial score (nSPS) is 11.8. The number of hydrogen-bond donors (Lipinski definition) is 1. The van der Waals surface area contributed by atoms with Crippen LogP contribution < -0.4 is 19.6 Å². The highest BCUT2D eigenvalue weighted by Crippen LogP contribution is 2.29. The quantitative estimate of drug-likeness (QED) is 0.124. The van der Waals surface area contributed by atoms with Gasteiger partial charge in [0.05, 0.1) is 23.9 Å². The maximum Gasteiger partial charge on any atom is 0.343 e. The van der Waals surface area contributed by atoms with Crippen molar-refractivity contribution in [3.63, 3.8) is 0 Å². The van der Waals surface area contributed by atoms with Crippen LogP contribution in [0.1, 0.15) is 22.8 Å². The van der Waals surface area contributed by atoms with Gasteiger partial charge in [-0.05, 0) is 66.2 Å². The molecule has 1 amide bonds. The zero-order valence-electron chi connectivity index (χ0n) is 19.9. The van der Waals surface area contributed by atoms with Crippen molar-refractivity contribution in [1.82, 2.24) is 5.43 Å². The van der Waals surface area contributed by atoms with Crippen LogP contribution in [-0.2, 0) is 4.79 Å². The van der Waals surface area contributed by atoms with E-state index in [1.807, 2.05) is 30.3 Å². The highest BCUT2D eigenvalue weighted by Gasteiger charge is 2.17. The van der Waals surface area contributed by atoms with Crippen LogP contribution in [0.4, 0.5) is 0 Å². The van der Waals surface area contributed by atoms with Gasteiger partial charge in [0.2, 0.25) is 0 Å². The number of rotatable bonds is 8. The number of benzene rings is 4. The summed E-state index contributed by atoms with van der Waals surface area (Å²) in [7, 11) is 1.55. The van der Waals surface area contributed by atoms with Crippen molar-refractivity contribution in [3.8, 4) is 17.2 Å². The Morgan fingerprint density at radius 1 is 0.946 bits per heavy atom. The van der Waals surface area contributed by atoms with Gasteiger partial charge in [0.15, 0.2) is 6.10 Å². The Morgan fingerprint density at radius 2 is 1.68 bits per heavy atom. The lowest BCUT2D eigenvalue weighted by molar-refractivity contribution is -0.127. The van der Waals surface area contributed by atoms with E-state index in [4.69, 9.17) is 37.4 Å². The number of nitrogens with one attached hydrogen (secondary N) is 1. The van der Waals surface area contributed by atoms with E-state index in [1.54, 1.807) is 56.5 Å². The largest absolute Gasteiger partial charge is 0.497 e. The molecule has 0 spiro atoms. The van der Waals surface area contributed by atoms with Gasteiger partial charge < -0.3 is 14.2 Å². The molecule has 188 valence electrons. The number of carbonyl (C=O) groups is 2. The number of hydrogen-bond acceptors (Lipinski definition) is 6. The maximum absolute atomic E-state index is 12.8. The lowest BCUT2D eigenvalue weighted by Gasteiger charge is -2.14. The molecule has 4 aromatic carbocycles. The summed E-state index contributed by atoms with van der Waals surface area (Å²) in [5.74, 6) is 0.189. The Balaban J connectivity index is 1.52. The first-order valence-electron chi connectivity index (χ1n) is 11.2. The Bertz CT molecular complexity index is 1470. The molecule has 4 aromatic rings. The molecule has 1 atom stereocenters. The fourth-order valence-corrected chi connectivity index (χ4v) is 3.90. The van der Waals surface area contributed by atoms with Crippen LogP contribution in [-0.4, -0.2) is 31.3 Å². The van der Waals surface area contributed by atoms with Crippen molar-refractivity contribution in [1.29, 1.82) is 0 Å². The lowest BCUT2D eigenvalue weighted by Crippen LogP contribution is -2.33. The fourth-order valence-electron chi connectivity index (χ4n) is 3.45. The molecule has 7 nitrogen and oxygen atoms in total. The molecule has 37 heavy (non-hydrogen) atoms. The number of carbonyl (C=O) groups excluding carboxylic acids is 2. The second-order valence-corrected chi connectivity index (χ2v) is 8.73. The van der Waals surface area contributed by atoms with E-state index in [-0.39, 0.29) is 10.8 Å². The second-order valence-electron chi connectivity index (χ2n) is 7.89. The highest BCUT2D eigenvalue weighted by atomic mass is 35.5. The van der Waals surface area contributed by atoms with E-state index in [1.165, 1.54) is 12.3 Å². The predicted octanol–water partition coefficient (Wildman–Crippen LogP) is 6.29. The summed E-state index contributed by atoms with van der Waals surface area (Å²) >= 11 is 12.0.